The van der Waals surface area contributed by atoms with Crippen LogP contribution >= 0.6 is 11.6 Å². The van der Waals surface area contributed by atoms with E-state index < -0.39 is 24.5 Å². The maximum Gasteiger partial charge on any atom is 0.296 e. The van der Waals surface area contributed by atoms with E-state index in [1.807, 2.05) is 29.2 Å². The number of imidazole rings is 1. The van der Waals surface area contributed by atoms with E-state index in [1.165, 1.54) is 0 Å². The number of fused-ring (bicyclic) bond motifs is 1. The van der Waals surface area contributed by atoms with Crippen LogP contribution in [0.4, 0.5) is 10.1 Å². The number of anilines is 1. The molecule has 0 radical (unpaired) electrons. The van der Waals surface area contributed by atoms with E-state index in [0.717, 1.165) is 11.3 Å². The monoisotopic (exact) mass is 462 g/mol. The quantitative estimate of drug-likeness (QED) is 0.535. The number of aliphatic hydroxyl groups is 2. The first kappa shape index (κ1) is 21.4. The minimum absolute atomic E-state index is 0.237. The van der Waals surface area contributed by atoms with E-state index in [9.17, 15) is 14.6 Å². The molecule has 2 aliphatic heterocycles. The van der Waals surface area contributed by atoms with Gasteiger partial charge >= 0.3 is 0 Å². The molecule has 170 valence electrons. The molecule has 2 saturated heterocycles. The van der Waals surface area contributed by atoms with E-state index in [0.29, 0.717) is 47.8 Å². The van der Waals surface area contributed by atoms with Crippen LogP contribution in [-0.2, 0) is 4.74 Å². The van der Waals surface area contributed by atoms with Crippen molar-refractivity contribution in [3.05, 3.63) is 35.4 Å². The van der Waals surface area contributed by atoms with Crippen LogP contribution in [0.25, 0.3) is 22.4 Å². The second kappa shape index (κ2) is 8.82. The van der Waals surface area contributed by atoms with Crippen molar-refractivity contribution in [3.8, 4) is 17.3 Å². The third-order valence-corrected chi connectivity index (χ3v) is 6.22. The van der Waals surface area contributed by atoms with Gasteiger partial charge in [0.2, 0.25) is 0 Å². The number of nitrogens with one attached hydrogen (secondary N) is 1. The van der Waals surface area contributed by atoms with Gasteiger partial charge in [0, 0.05) is 30.8 Å². The highest BCUT2D eigenvalue weighted by Crippen LogP contribution is 2.32. The summed E-state index contributed by atoms with van der Waals surface area (Å²) >= 11 is 6.49. The maximum atomic E-state index is 13.5. The minimum atomic E-state index is -0.804. The van der Waals surface area contributed by atoms with Gasteiger partial charge in [-0.15, -0.1) is 0 Å². The Kier molecular flexibility index (Phi) is 5.90. The molecule has 0 spiro atoms. The number of ether oxygens (including phenoxy) is 2. The fourth-order valence-electron chi connectivity index (χ4n) is 4.18. The summed E-state index contributed by atoms with van der Waals surface area (Å²) in [6, 6.07) is 9.74. The maximum absolute atomic E-state index is 13.5. The minimum Gasteiger partial charge on any atom is -0.459 e. The number of nitrogens with zero attached hydrogens (tertiary/aromatic N) is 3. The summed E-state index contributed by atoms with van der Waals surface area (Å²) in [5.74, 6) is 0. The smallest absolute Gasteiger partial charge is 0.296 e. The van der Waals surface area contributed by atoms with E-state index >= 15 is 0 Å². The van der Waals surface area contributed by atoms with Gasteiger partial charge in [-0.25, -0.2) is 9.37 Å². The Balaban J connectivity index is 1.33. The number of aliphatic hydroxyl groups excluding tert-OH is 2. The van der Waals surface area contributed by atoms with Gasteiger partial charge in [-0.05, 0) is 24.6 Å². The van der Waals surface area contributed by atoms with Crippen molar-refractivity contribution < 1.29 is 24.1 Å². The topological polar surface area (TPSA) is 104 Å². The summed E-state index contributed by atoms with van der Waals surface area (Å²) in [5, 5.41) is 19.7. The number of aromatic nitrogens is 3. The van der Waals surface area contributed by atoms with Gasteiger partial charge in [-0.1, -0.05) is 23.7 Å². The Labute approximate surface area is 189 Å². The number of H-pyrrole nitrogens is 1. The molecule has 3 N–H and O–H groups in total. The van der Waals surface area contributed by atoms with Crippen LogP contribution in [0.3, 0.4) is 0 Å². The number of hydrogen-bond acceptors (Lipinski definition) is 7. The van der Waals surface area contributed by atoms with Crippen molar-refractivity contribution >= 4 is 28.5 Å². The molecule has 0 bridgehead atoms. The number of pyridine rings is 1. The zero-order valence-corrected chi connectivity index (χ0v) is 18.0. The summed E-state index contributed by atoms with van der Waals surface area (Å²) in [6.45, 7) is 1.14. The summed E-state index contributed by atoms with van der Waals surface area (Å²) in [4.78, 5) is 14.1. The fourth-order valence-corrected chi connectivity index (χ4v) is 4.44. The largest absolute Gasteiger partial charge is 0.459 e. The van der Waals surface area contributed by atoms with Gasteiger partial charge in [0.15, 0.2) is 5.65 Å². The van der Waals surface area contributed by atoms with Crippen molar-refractivity contribution in [1.82, 2.24) is 15.0 Å². The average molecular weight is 463 g/mol. The molecule has 1 aromatic carbocycles. The summed E-state index contributed by atoms with van der Waals surface area (Å²) < 4.78 is 24.7. The molecule has 4 heterocycles. The van der Waals surface area contributed by atoms with Crippen molar-refractivity contribution in [2.24, 2.45) is 0 Å². The van der Waals surface area contributed by atoms with E-state index in [1.54, 1.807) is 6.07 Å². The molecule has 4 atom stereocenters. The highest BCUT2D eigenvalue weighted by atomic mass is 35.5. The lowest BCUT2D eigenvalue weighted by molar-refractivity contribution is -0.131. The molecule has 2 aromatic heterocycles. The molecule has 0 aliphatic carbocycles. The molecule has 4 unspecified atom stereocenters. The van der Waals surface area contributed by atoms with Crippen LogP contribution in [0.15, 0.2) is 30.3 Å². The third-order valence-electron chi connectivity index (χ3n) is 5.93. The van der Waals surface area contributed by atoms with Crippen LogP contribution in [0.5, 0.6) is 6.01 Å². The normalized spacial score (nSPS) is 26.1. The Morgan fingerprint density at radius 1 is 1.28 bits per heavy atom. The van der Waals surface area contributed by atoms with Gasteiger partial charge in [0.1, 0.15) is 18.4 Å². The van der Waals surface area contributed by atoms with Gasteiger partial charge in [0.25, 0.3) is 6.01 Å². The Morgan fingerprint density at radius 2 is 2.09 bits per heavy atom. The van der Waals surface area contributed by atoms with Crippen molar-refractivity contribution in [2.45, 2.75) is 37.3 Å². The van der Waals surface area contributed by atoms with Crippen molar-refractivity contribution in [3.63, 3.8) is 0 Å². The van der Waals surface area contributed by atoms with Crippen LogP contribution < -0.4 is 9.64 Å². The molecule has 8 nitrogen and oxygen atoms in total. The number of benzene rings is 1. The summed E-state index contributed by atoms with van der Waals surface area (Å²) in [5.41, 5.74) is 3.48. The summed E-state index contributed by atoms with van der Waals surface area (Å²) in [7, 11) is 0. The second-order valence-electron chi connectivity index (χ2n) is 8.21. The lowest BCUT2D eigenvalue weighted by Crippen LogP contribution is -2.45. The first-order valence-corrected chi connectivity index (χ1v) is 11.0. The third kappa shape index (κ3) is 4.25. The summed E-state index contributed by atoms with van der Waals surface area (Å²) in [6.07, 6.45) is -1.68. The van der Waals surface area contributed by atoms with Crippen molar-refractivity contribution in [1.29, 1.82) is 0 Å². The highest BCUT2D eigenvalue weighted by molar-refractivity contribution is 6.33. The Hall–Kier alpha value is -2.46. The number of hydrogen-bond donors (Lipinski definition) is 3. The predicted molar refractivity (Wildman–Crippen MR) is 118 cm³/mol. The number of rotatable bonds is 5. The zero-order chi connectivity index (χ0) is 22.2. The van der Waals surface area contributed by atoms with Gasteiger partial charge in [-0.3, -0.25) is 0 Å². The van der Waals surface area contributed by atoms with E-state index in [4.69, 9.17) is 21.1 Å². The molecule has 2 fully saturated rings. The zero-order valence-electron chi connectivity index (χ0n) is 17.2. The predicted octanol–water partition coefficient (Wildman–Crippen LogP) is 2.72. The van der Waals surface area contributed by atoms with Gasteiger partial charge in [0.05, 0.1) is 35.6 Å². The Bertz CT molecular complexity index is 1100. The SMILES string of the molecule is OCC1OCC(Oc2nc3nc(-c4ccc(N5CCC(F)C5)cc4)c(Cl)cc3[nH]2)CC1O. The van der Waals surface area contributed by atoms with Crippen LogP contribution in [0.2, 0.25) is 5.02 Å². The van der Waals surface area contributed by atoms with E-state index in [2.05, 4.69) is 15.0 Å². The average Bonchev–Trinajstić information content (AvgIpc) is 3.38. The second-order valence-corrected chi connectivity index (χ2v) is 8.62. The standard InChI is InChI=1S/C22H24ClFN4O4/c23-16-8-17-21(27-22(25-17)32-15-7-18(30)19(10-29)31-11-15)26-20(16)12-1-3-14(4-2-12)28-6-5-13(24)9-28/h1-4,8,13,15,18-19,29-30H,5-7,9-11H2,(H,25,26,27). The van der Waals surface area contributed by atoms with E-state index in [-0.39, 0.29) is 19.2 Å². The Morgan fingerprint density at radius 3 is 2.78 bits per heavy atom. The molecule has 5 rings (SSSR count). The van der Waals surface area contributed by atoms with Crippen LogP contribution in [-0.4, -0.2) is 76.0 Å². The molecule has 0 amide bonds. The molecule has 32 heavy (non-hydrogen) atoms. The van der Waals surface area contributed by atoms with Gasteiger partial charge in [-0.2, -0.15) is 4.98 Å². The van der Waals surface area contributed by atoms with Crippen LogP contribution in [0.1, 0.15) is 12.8 Å². The van der Waals surface area contributed by atoms with Crippen LogP contribution in [0, 0.1) is 0 Å². The van der Waals surface area contributed by atoms with Gasteiger partial charge < -0.3 is 29.6 Å². The highest BCUT2D eigenvalue weighted by Gasteiger charge is 2.31. The lowest BCUT2D eigenvalue weighted by Gasteiger charge is -2.31. The molecular weight excluding hydrogens is 439 g/mol. The first-order valence-electron chi connectivity index (χ1n) is 10.6. The molecule has 3 aromatic rings. The first-order chi connectivity index (χ1) is 15.5. The molecule has 10 heteroatoms. The number of aromatic amines is 1. The number of alkyl halides is 1. The number of halogens is 2. The van der Waals surface area contributed by atoms with Crippen molar-refractivity contribution in [2.75, 3.05) is 31.2 Å². The molecule has 0 saturated carbocycles. The lowest BCUT2D eigenvalue weighted by atomic mass is 10.0. The molecule has 2 aliphatic rings. The molecular formula is C22H24ClFN4O4. The fraction of sp³-hybridized carbons (Fsp3) is 0.455.